The van der Waals surface area contributed by atoms with Crippen LogP contribution in [0.2, 0.25) is 0 Å². The summed E-state index contributed by atoms with van der Waals surface area (Å²) in [5.74, 6) is -0.155. The Bertz CT molecular complexity index is 162. The molecular formula is C9H17O2P. The molecule has 0 radical (unpaired) electrons. The average Bonchev–Trinajstić information content (AvgIpc) is 2.12. The number of esters is 1. The van der Waals surface area contributed by atoms with Crippen LogP contribution in [0.3, 0.4) is 0 Å². The van der Waals surface area contributed by atoms with Crippen molar-refractivity contribution in [1.82, 2.24) is 0 Å². The summed E-state index contributed by atoms with van der Waals surface area (Å²) < 4.78 is 4.96. The maximum absolute atomic E-state index is 11.4. The third-order valence-corrected chi connectivity index (χ3v) is 3.05. The molecule has 70 valence electrons. The topological polar surface area (TPSA) is 26.3 Å². The second-order valence-electron chi connectivity index (χ2n) is 2.75. The minimum Gasteiger partial charge on any atom is -0.461 e. The molecule has 2 nitrogen and oxygen atoms in total. The normalized spacial score (nSPS) is 10.9. The van der Waals surface area contributed by atoms with Crippen molar-refractivity contribution < 1.29 is 9.53 Å². The van der Waals surface area contributed by atoms with Gasteiger partial charge in [0.25, 0.3) is 0 Å². The van der Waals surface area contributed by atoms with Crippen molar-refractivity contribution in [3.8, 4) is 0 Å². The smallest absolute Gasteiger partial charge is 0.316 e. The number of carbonyl (C=O) groups is 1. The monoisotopic (exact) mass is 188 g/mol. The van der Waals surface area contributed by atoms with Crippen LogP contribution in [0.5, 0.6) is 0 Å². The lowest BCUT2D eigenvalue weighted by atomic mass is 10.0. The maximum Gasteiger partial charge on any atom is 0.316 e. The molecule has 12 heavy (non-hydrogen) atoms. The first-order chi connectivity index (χ1) is 5.60. The maximum atomic E-state index is 11.4. The Labute approximate surface area is 76.6 Å². The van der Waals surface area contributed by atoms with Gasteiger partial charge in [-0.2, -0.15) is 0 Å². The second kappa shape index (κ2) is 5.31. The number of carbonyl (C=O) groups excluding carboxylic acids is 1. The van der Waals surface area contributed by atoms with Gasteiger partial charge in [0.2, 0.25) is 0 Å². The molecule has 0 aliphatic heterocycles. The number of hydrogen-bond donors (Lipinski definition) is 0. The highest BCUT2D eigenvalue weighted by atomic mass is 31.0. The van der Waals surface area contributed by atoms with Gasteiger partial charge in [-0.3, -0.25) is 4.79 Å². The number of rotatable bonds is 5. The van der Waals surface area contributed by atoms with Crippen molar-refractivity contribution in [2.45, 2.75) is 31.8 Å². The Kier molecular flexibility index (Phi) is 5.16. The zero-order valence-electron chi connectivity index (χ0n) is 7.80. The van der Waals surface area contributed by atoms with Crippen LogP contribution in [0, 0.1) is 0 Å². The van der Waals surface area contributed by atoms with Gasteiger partial charge in [-0.05, 0) is 12.8 Å². The van der Waals surface area contributed by atoms with Gasteiger partial charge < -0.3 is 4.74 Å². The van der Waals surface area contributed by atoms with Crippen molar-refractivity contribution in [1.29, 1.82) is 0 Å². The minimum absolute atomic E-state index is 0.155. The first-order valence-corrected chi connectivity index (χ1v) is 4.75. The van der Waals surface area contributed by atoms with E-state index in [1.54, 1.807) is 6.08 Å². The Balaban J connectivity index is 4.11. The van der Waals surface area contributed by atoms with Crippen LogP contribution in [-0.4, -0.2) is 17.7 Å². The van der Waals surface area contributed by atoms with Gasteiger partial charge in [-0.15, -0.1) is 9.24 Å². The van der Waals surface area contributed by atoms with Crippen LogP contribution in [0.15, 0.2) is 12.7 Å². The first-order valence-electron chi connectivity index (χ1n) is 4.17. The lowest BCUT2D eigenvalue weighted by molar-refractivity contribution is -0.145. The summed E-state index contributed by atoms with van der Waals surface area (Å²) in [4.78, 5) is 11.4. The van der Waals surface area contributed by atoms with Gasteiger partial charge >= 0.3 is 5.97 Å². The van der Waals surface area contributed by atoms with Crippen molar-refractivity contribution in [3.05, 3.63) is 12.7 Å². The van der Waals surface area contributed by atoms with E-state index in [4.69, 9.17) is 4.74 Å². The molecular weight excluding hydrogens is 171 g/mol. The van der Waals surface area contributed by atoms with Gasteiger partial charge in [0, 0.05) is 0 Å². The Morgan fingerprint density at radius 3 is 2.42 bits per heavy atom. The first kappa shape index (κ1) is 11.6. The van der Waals surface area contributed by atoms with E-state index in [9.17, 15) is 4.79 Å². The van der Waals surface area contributed by atoms with E-state index in [1.807, 2.05) is 13.8 Å². The summed E-state index contributed by atoms with van der Waals surface area (Å²) in [6.07, 6.45) is 3.14. The summed E-state index contributed by atoms with van der Waals surface area (Å²) in [5, 5.41) is -0.400. The fourth-order valence-electron chi connectivity index (χ4n) is 0.817. The zero-order chi connectivity index (χ0) is 9.61. The third-order valence-electron chi connectivity index (χ3n) is 2.00. The van der Waals surface area contributed by atoms with Crippen LogP contribution in [-0.2, 0) is 9.53 Å². The van der Waals surface area contributed by atoms with Crippen LogP contribution in [0.4, 0.5) is 0 Å². The third kappa shape index (κ3) is 2.94. The number of ether oxygens (including phenoxy) is 1. The number of hydrogen-bond acceptors (Lipinski definition) is 2. The summed E-state index contributed by atoms with van der Waals surface area (Å²) in [7, 11) is 2.57. The molecule has 0 aromatic carbocycles. The van der Waals surface area contributed by atoms with E-state index in [-0.39, 0.29) is 5.97 Å². The highest BCUT2D eigenvalue weighted by Crippen LogP contribution is 2.27. The molecule has 0 heterocycles. The van der Waals surface area contributed by atoms with Gasteiger partial charge in [-0.1, -0.05) is 26.5 Å². The van der Waals surface area contributed by atoms with Crippen LogP contribution >= 0.6 is 9.24 Å². The fourth-order valence-corrected chi connectivity index (χ4v) is 0.900. The molecule has 0 fully saturated rings. The molecule has 0 amide bonds. The van der Waals surface area contributed by atoms with E-state index in [1.165, 1.54) is 0 Å². The van der Waals surface area contributed by atoms with Gasteiger partial charge in [0.1, 0.15) is 6.61 Å². The SMILES string of the molecule is C=CCOC(=O)C(P)(CC)CC. The largest absolute Gasteiger partial charge is 0.461 e. The van der Waals surface area contributed by atoms with Crippen molar-refractivity contribution in [2.24, 2.45) is 0 Å². The molecule has 3 heteroatoms. The predicted molar refractivity (Wildman–Crippen MR) is 54.2 cm³/mol. The molecule has 1 unspecified atom stereocenters. The highest BCUT2D eigenvalue weighted by molar-refractivity contribution is 7.21. The predicted octanol–water partition coefficient (Wildman–Crippen LogP) is 2.15. The Hall–Kier alpha value is -0.360. The Morgan fingerprint density at radius 2 is 2.08 bits per heavy atom. The van der Waals surface area contributed by atoms with Gasteiger partial charge in [0.05, 0.1) is 5.16 Å². The molecule has 0 N–H and O–H groups in total. The van der Waals surface area contributed by atoms with Crippen molar-refractivity contribution in [2.75, 3.05) is 6.61 Å². The molecule has 0 aliphatic rings. The van der Waals surface area contributed by atoms with Crippen LogP contribution in [0.25, 0.3) is 0 Å². The zero-order valence-corrected chi connectivity index (χ0v) is 8.95. The summed E-state index contributed by atoms with van der Waals surface area (Å²) in [6.45, 7) is 7.74. The van der Waals surface area contributed by atoms with Crippen molar-refractivity contribution >= 4 is 15.2 Å². The molecule has 0 aliphatic carbocycles. The summed E-state index contributed by atoms with van der Waals surface area (Å²) in [6, 6.07) is 0. The molecule has 0 saturated heterocycles. The van der Waals surface area contributed by atoms with Crippen molar-refractivity contribution in [3.63, 3.8) is 0 Å². The van der Waals surface area contributed by atoms with E-state index >= 15 is 0 Å². The second-order valence-corrected chi connectivity index (χ2v) is 3.86. The lowest BCUT2D eigenvalue weighted by Gasteiger charge is -2.23. The molecule has 1 atom stereocenters. The standard InChI is InChI=1S/C9H17O2P/c1-4-7-11-8(10)9(12,5-2)6-3/h4H,1,5-7,12H2,2-3H3. The van der Waals surface area contributed by atoms with E-state index in [0.717, 1.165) is 12.8 Å². The molecule has 0 aromatic heterocycles. The fraction of sp³-hybridized carbons (Fsp3) is 0.667. The molecule has 0 aromatic rings. The summed E-state index contributed by atoms with van der Waals surface area (Å²) in [5.41, 5.74) is 0. The molecule has 0 bridgehead atoms. The van der Waals surface area contributed by atoms with Crippen LogP contribution < -0.4 is 0 Å². The Morgan fingerprint density at radius 1 is 1.58 bits per heavy atom. The van der Waals surface area contributed by atoms with Crippen LogP contribution in [0.1, 0.15) is 26.7 Å². The average molecular weight is 188 g/mol. The van der Waals surface area contributed by atoms with E-state index in [2.05, 4.69) is 15.8 Å². The molecule has 0 saturated carbocycles. The van der Waals surface area contributed by atoms with Gasteiger partial charge in [0.15, 0.2) is 0 Å². The molecule has 0 rings (SSSR count). The minimum atomic E-state index is -0.400. The highest BCUT2D eigenvalue weighted by Gasteiger charge is 2.30. The lowest BCUT2D eigenvalue weighted by Crippen LogP contribution is -2.32. The summed E-state index contributed by atoms with van der Waals surface area (Å²) >= 11 is 0. The quantitative estimate of drug-likeness (QED) is 0.375. The van der Waals surface area contributed by atoms with E-state index in [0.29, 0.717) is 6.61 Å². The molecule has 0 spiro atoms. The van der Waals surface area contributed by atoms with Gasteiger partial charge in [-0.25, -0.2) is 0 Å². The van der Waals surface area contributed by atoms with E-state index < -0.39 is 5.16 Å².